The first-order valence-electron chi connectivity index (χ1n) is 10.2. The van der Waals surface area contributed by atoms with Crippen molar-refractivity contribution in [2.24, 2.45) is 0 Å². The molecule has 2 heterocycles. The Bertz CT molecular complexity index is 1010. The Morgan fingerprint density at radius 2 is 2.03 bits per heavy atom. The molecule has 0 aromatic heterocycles. The van der Waals surface area contributed by atoms with Crippen LogP contribution in [0.1, 0.15) is 50.8 Å². The number of carbonyl (C=O) groups excluding carboxylic acids is 1. The van der Waals surface area contributed by atoms with Crippen molar-refractivity contribution in [1.29, 1.82) is 0 Å². The predicted molar refractivity (Wildman–Crippen MR) is 119 cm³/mol. The molecular formula is C23H24BrClFNO4. The topological polar surface area (TPSA) is 59.0 Å². The molecule has 31 heavy (non-hydrogen) atoms. The van der Waals surface area contributed by atoms with Gasteiger partial charge in [0.05, 0.1) is 11.1 Å². The molecule has 2 aliphatic heterocycles. The van der Waals surface area contributed by atoms with E-state index in [1.54, 1.807) is 4.90 Å². The molecular weight excluding hydrogens is 489 g/mol. The lowest BCUT2D eigenvalue weighted by Gasteiger charge is -2.42. The van der Waals surface area contributed by atoms with E-state index in [0.29, 0.717) is 24.1 Å². The predicted octanol–water partition coefficient (Wildman–Crippen LogP) is 5.96. The fraction of sp³-hybridized carbons (Fsp3) is 0.435. The molecule has 2 aromatic rings. The maximum absolute atomic E-state index is 14.4. The standard InChI is InChI=1S/C23H24BrClFNO4/c1-22(2,3)31-21(29)27-11-7-10-16(27)23(13-8-5-4-6-9-13)20(28)17-15(30-23)12-14(26)19(25)18(17)24/h4-6,8-9,12,16,20,28H,7,10-11H2,1-3H3/t16?,20-,23-/m0/s1. The smallest absolute Gasteiger partial charge is 0.410 e. The number of hydrogen-bond acceptors (Lipinski definition) is 4. The van der Waals surface area contributed by atoms with E-state index >= 15 is 0 Å². The van der Waals surface area contributed by atoms with Gasteiger partial charge in [0.25, 0.3) is 0 Å². The van der Waals surface area contributed by atoms with E-state index in [1.165, 1.54) is 6.07 Å². The number of amides is 1. The van der Waals surface area contributed by atoms with E-state index in [4.69, 9.17) is 21.1 Å². The van der Waals surface area contributed by atoms with E-state index < -0.39 is 35.3 Å². The van der Waals surface area contributed by atoms with Gasteiger partial charge in [-0.2, -0.15) is 0 Å². The largest absolute Gasteiger partial charge is 0.477 e. The molecule has 5 nitrogen and oxygen atoms in total. The van der Waals surface area contributed by atoms with Crippen LogP contribution in [0.4, 0.5) is 9.18 Å². The average molecular weight is 513 g/mol. The van der Waals surface area contributed by atoms with Gasteiger partial charge in [-0.3, -0.25) is 0 Å². The summed E-state index contributed by atoms with van der Waals surface area (Å²) in [4.78, 5) is 14.6. The van der Waals surface area contributed by atoms with Crippen LogP contribution in [0.2, 0.25) is 5.02 Å². The third-order valence-corrected chi connectivity index (χ3v) is 7.14. The molecule has 1 fully saturated rings. The quantitative estimate of drug-likeness (QED) is 0.504. The Morgan fingerprint density at radius 3 is 2.68 bits per heavy atom. The monoisotopic (exact) mass is 511 g/mol. The van der Waals surface area contributed by atoms with Crippen LogP contribution in [-0.4, -0.2) is 34.3 Å². The zero-order valence-corrected chi connectivity index (χ0v) is 19.8. The van der Waals surface area contributed by atoms with Crippen LogP contribution in [0.5, 0.6) is 5.75 Å². The molecule has 0 radical (unpaired) electrons. The van der Waals surface area contributed by atoms with Crippen LogP contribution in [0.15, 0.2) is 40.9 Å². The number of fused-ring (bicyclic) bond motifs is 1. The first-order valence-corrected chi connectivity index (χ1v) is 11.3. The van der Waals surface area contributed by atoms with Crippen LogP contribution >= 0.6 is 27.5 Å². The normalized spacial score (nSPS) is 25.3. The molecule has 0 bridgehead atoms. The minimum absolute atomic E-state index is 0.124. The van der Waals surface area contributed by atoms with Crippen LogP contribution in [0.25, 0.3) is 0 Å². The Kier molecular flexibility index (Phi) is 5.73. The number of nitrogens with zero attached hydrogens (tertiary/aromatic N) is 1. The summed E-state index contributed by atoms with van der Waals surface area (Å²) in [5.41, 5.74) is -0.952. The molecule has 166 valence electrons. The second kappa shape index (κ2) is 7.94. The molecule has 8 heteroatoms. The number of benzene rings is 2. The second-order valence-electron chi connectivity index (χ2n) is 8.89. The number of hydrogen-bond donors (Lipinski definition) is 1. The second-order valence-corrected chi connectivity index (χ2v) is 10.1. The number of aliphatic hydroxyl groups excluding tert-OH is 1. The van der Waals surface area contributed by atoms with Gasteiger partial charge in [-0.1, -0.05) is 41.9 Å². The SMILES string of the molecule is CC(C)(C)OC(=O)N1CCCC1[C@]1(c2ccccc2)Oc2cc(F)c(Cl)c(Br)c2[C@@H]1O. The Balaban J connectivity index is 1.85. The zero-order chi connectivity index (χ0) is 22.6. The van der Waals surface area contributed by atoms with Gasteiger partial charge in [0.1, 0.15) is 23.3 Å². The molecule has 1 saturated heterocycles. The van der Waals surface area contributed by atoms with Crippen molar-refractivity contribution in [1.82, 2.24) is 4.90 Å². The first kappa shape index (κ1) is 22.4. The third-order valence-electron chi connectivity index (χ3n) is 5.72. The van der Waals surface area contributed by atoms with Crippen LogP contribution in [-0.2, 0) is 10.3 Å². The highest BCUT2D eigenvalue weighted by atomic mass is 79.9. The molecule has 1 amide bonds. The van der Waals surface area contributed by atoms with Gasteiger partial charge in [0, 0.05) is 28.2 Å². The summed E-state index contributed by atoms with van der Waals surface area (Å²) in [5.74, 6) is -0.458. The number of carbonyl (C=O) groups is 1. The number of ether oxygens (including phenoxy) is 2. The summed E-state index contributed by atoms with van der Waals surface area (Å²) >= 11 is 9.43. The molecule has 2 aliphatic rings. The maximum Gasteiger partial charge on any atom is 0.410 e. The summed E-state index contributed by atoms with van der Waals surface area (Å²) in [6.07, 6.45) is -0.348. The Hall–Kier alpha value is -1.83. The van der Waals surface area contributed by atoms with Gasteiger partial charge in [0.2, 0.25) is 0 Å². The minimum Gasteiger partial charge on any atom is -0.477 e. The lowest BCUT2D eigenvalue weighted by molar-refractivity contribution is -0.0862. The van der Waals surface area contributed by atoms with Crippen molar-refractivity contribution in [3.8, 4) is 5.75 Å². The van der Waals surface area contributed by atoms with E-state index in [0.717, 1.165) is 6.42 Å². The number of aliphatic hydroxyl groups is 1. The van der Waals surface area contributed by atoms with Crippen molar-refractivity contribution >= 4 is 33.6 Å². The summed E-state index contributed by atoms with van der Waals surface area (Å²) in [7, 11) is 0. The van der Waals surface area contributed by atoms with E-state index in [2.05, 4.69) is 15.9 Å². The fourth-order valence-electron chi connectivity index (χ4n) is 4.49. The molecule has 0 spiro atoms. The molecule has 2 aromatic carbocycles. The average Bonchev–Trinajstić information content (AvgIpc) is 3.29. The molecule has 1 N–H and O–H groups in total. The third kappa shape index (κ3) is 3.70. The maximum atomic E-state index is 14.4. The zero-order valence-electron chi connectivity index (χ0n) is 17.5. The summed E-state index contributed by atoms with van der Waals surface area (Å²) < 4.78 is 26.6. The van der Waals surface area contributed by atoms with Gasteiger partial charge in [-0.15, -0.1) is 0 Å². The molecule has 0 aliphatic carbocycles. The van der Waals surface area contributed by atoms with Gasteiger partial charge in [-0.05, 0) is 49.5 Å². The van der Waals surface area contributed by atoms with Crippen LogP contribution < -0.4 is 4.74 Å². The van der Waals surface area contributed by atoms with Gasteiger partial charge >= 0.3 is 6.09 Å². The number of likely N-dealkylation sites (tertiary alicyclic amines) is 1. The van der Waals surface area contributed by atoms with Crippen molar-refractivity contribution in [2.45, 2.75) is 57.0 Å². The van der Waals surface area contributed by atoms with Crippen LogP contribution in [0.3, 0.4) is 0 Å². The van der Waals surface area contributed by atoms with Gasteiger partial charge in [-0.25, -0.2) is 9.18 Å². The van der Waals surface area contributed by atoms with Gasteiger partial charge in [0.15, 0.2) is 5.60 Å². The lowest BCUT2D eigenvalue weighted by atomic mass is 9.79. The van der Waals surface area contributed by atoms with Crippen molar-refractivity contribution in [2.75, 3.05) is 6.54 Å². The highest BCUT2D eigenvalue weighted by Crippen LogP contribution is 2.57. The van der Waals surface area contributed by atoms with E-state index in [-0.39, 0.29) is 15.2 Å². The molecule has 0 saturated carbocycles. The Morgan fingerprint density at radius 1 is 1.35 bits per heavy atom. The number of halogens is 3. The summed E-state index contributed by atoms with van der Waals surface area (Å²) in [6, 6.07) is 9.87. The molecule has 3 atom stereocenters. The van der Waals surface area contributed by atoms with Crippen molar-refractivity contribution in [3.63, 3.8) is 0 Å². The number of rotatable bonds is 2. The van der Waals surface area contributed by atoms with E-state index in [9.17, 15) is 14.3 Å². The van der Waals surface area contributed by atoms with Crippen molar-refractivity contribution in [3.05, 3.63) is 62.8 Å². The highest BCUT2D eigenvalue weighted by Gasteiger charge is 2.59. The minimum atomic E-state index is -1.34. The highest BCUT2D eigenvalue weighted by molar-refractivity contribution is 9.10. The summed E-state index contributed by atoms with van der Waals surface area (Å²) in [5, 5.41) is 11.5. The lowest BCUT2D eigenvalue weighted by Crippen LogP contribution is -2.55. The van der Waals surface area contributed by atoms with E-state index in [1.807, 2.05) is 51.1 Å². The molecule has 1 unspecified atom stereocenters. The summed E-state index contributed by atoms with van der Waals surface area (Å²) in [6.45, 7) is 5.89. The van der Waals surface area contributed by atoms with Crippen molar-refractivity contribution < 1.29 is 23.8 Å². The van der Waals surface area contributed by atoms with Crippen LogP contribution in [0, 0.1) is 5.82 Å². The Labute approximate surface area is 194 Å². The first-order chi connectivity index (χ1) is 14.6. The fourth-order valence-corrected chi connectivity index (χ4v) is 5.25. The van der Waals surface area contributed by atoms with Gasteiger partial charge < -0.3 is 19.5 Å². The molecule has 4 rings (SSSR count).